The molecule has 0 aromatic carbocycles. The van der Waals surface area contributed by atoms with Gasteiger partial charge in [0.25, 0.3) is 0 Å². The maximum atomic E-state index is 12.8. The summed E-state index contributed by atoms with van der Waals surface area (Å²) in [5.41, 5.74) is 1.05. The first-order valence-corrected chi connectivity index (χ1v) is 8.53. The van der Waals surface area contributed by atoms with E-state index in [0.29, 0.717) is 38.6 Å². The fraction of sp³-hybridized carbons (Fsp3) is 0.667. The highest BCUT2D eigenvalue weighted by Crippen LogP contribution is 2.08. The summed E-state index contributed by atoms with van der Waals surface area (Å²) in [7, 11) is 3.58. The number of carbonyl (C=O) groups is 2. The van der Waals surface area contributed by atoms with Crippen LogP contribution in [0, 0.1) is 5.92 Å². The number of rotatable bonds is 10. The van der Waals surface area contributed by atoms with Crippen molar-refractivity contribution in [1.82, 2.24) is 14.4 Å². The van der Waals surface area contributed by atoms with Crippen LogP contribution in [0.5, 0.6) is 0 Å². The number of methoxy groups -OCH3 is 1. The number of aryl methyl sites for hydroxylation is 1. The van der Waals surface area contributed by atoms with Crippen molar-refractivity contribution in [2.24, 2.45) is 13.0 Å². The van der Waals surface area contributed by atoms with Crippen molar-refractivity contribution in [2.45, 2.75) is 33.7 Å². The molecule has 0 fully saturated rings. The molecule has 1 aromatic rings. The van der Waals surface area contributed by atoms with Gasteiger partial charge in [-0.2, -0.15) is 0 Å². The summed E-state index contributed by atoms with van der Waals surface area (Å²) in [6, 6.07) is 3.95. The Balaban J connectivity index is 2.81. The van der Waals surface area contributed by atoms with Gasteiger partial charge in [-0.3, -0.25) is 9.59 Å². The second-order valence-corrected chi connectivity index (χ2v) is 6.44. The van der Waals surface area contributed by atoms with Crippen LogP contribution in [0.4, 0.5) is 0 Å². The van der Waals surface area contributed by atoms with Gasteiger partial charge < -0.3 is 19.1 Å². The monoisotopic (exact) mass is 337 g/mol. The van der Waals surface area contributed by atoms with E-state index < -0.39 is 0 Å². The van der Waals surface area contributed by atoms with Crippen LogP contribution >= 0.6 is 0 Å². The van der Waals surface area contributed by atoms with Crippen LogP contribution in [-0.2, 0) is 27.9 Å². The predicted molar refractivity (Wildman–Crippen MR) is 94.4 cm³/mol. The molecule has 0 saturated carbocycles. The van der Waals surface area contributed by atoms with Crippen LogP contribution in [0.15, 0.2) is 18.3 Å². The second kappa shape index (κ2) is 10.1. The van der Waals surface area contributed by atoms with Crippen molar-refractivity contribution in [1.29, 1.82) is 0 Å². The highest BCUT2D eigenvalue weighted by atomic mass is 16.5. The van der Waals surface area contributed by atoms with Crippen molar-refractivity contribution in [3.63, 3.8) is 0 Å². The minimum Gasteiger partial charge on any atom is -0.383 e. The number of nitrogens with zero attached hydrogens (tertiary/aromatic N) is 3. The highest BCUT2D eigenvalue weighted by Gasteiger charge is 2.21. The minimum absolute atomic E-state index is 0.0163. The molecule has 1 aromatic heterocycles. The molecule has 0 aliphatic rings. The summed E-state index contributed by atoms with van der Waals surface area (Å²) < 4.78 is 7.13. The molecule has 136 valence electrons. The van der Waals surface area contributed by atoms with Crippen LogP contribution in [0.3, 0.4) is 0 Å². The largest absolute Gasteiger partial charge is 0.383 e. The Morgan fingerprint density at radius 1 is 1.25 bits per heavy atom. The van der Waals surface area contributed by atoms with Gasteiger partial charge in [-0.05, 0) is 18.1 Å². The Morgan fingerprint density at radius 3 is 2.46 bits per heavy atom. The number of hydrogen-bond acceptors (Lipinski definition) is 3. The zero-order valence-electron chi connectivity index (χ0n) is 15.6. The van der Waals surface area contributed by atoms with Gasteiger partial charge in [-0.25, -0.2) is 0 Å². The Kier molecular flexibility index (Phi) is 8.54. The molecule has 0 spiro atoms. The SMILES string of the molecule is CCC(=O)N(CC(=O)N(CCOC)Cc1cccn1C)CC(C)C. The van der Waals surface area contributed by atoms with Gasteiger partial charge in [-0.15, -0.1) is 0 Å². The lowest BCUT2D eigenvalue weighted by Crippen LogP contribution is -2.44. The summed E-state index contributed by atoms with van der Waals surface area (Å²) >= 11 is 0. The maximum absolute atomic E-state index is 12.8. The molecule has 0 atom stereocenters. The van der Waals surface area contributed by atoms with Gasteiger partial charge in [0.2, 0.25) is 11.8 Å². The first-order chi connectivity index (χ1) is 11.4. The quantitative estimate of drug-likeness (QED) is 0.655. The molecule has 0 saturated heterocycles. The molecule has 0 aliphatic heterocycles. The lowest BCUT2D eigenvalue weighted by Gasteiger charge is -2.28. The normalized spacial score (nSPS) is 10.9. The Labute approximate surface area is 145 Å². The summed E-state index contributed by atoms with van der Waals surface area (Å²) in [6.07, 6.45) is 2.37. The molecule has 6 heteroatoms. The number of carbonyl (C=O) groups excluding carboxylic acids is 2. The van der Waals surface area contributed by atoms with Crippen molar-refractivity contribution in [2.75, 3.05) is 33.4 Å². The van der Waals surface area contributed by atoms with Crippen LogP contribution in [0.1, 0.15) is 32.9 Å². The summed E-state index contributed by atoms with van der Waals surface area (Å²) in [5.74, 6) is 0.298. The first-order valence-electron chi connectivity index (χ1n) is 8.53. The zero-order valence-corrected chi connectivity index (χ0v) is 15.6. The molecule has 0 N–H and O–H groups in total. The van der Waals surface area contributed by atoms with E-state index in [9.17, 15) is 9.59 Å². The minimum atomic E-state index is -0.0456. The van der Waals surface area contributed by atoms with Crippen molar-refractivity contribution in [3.05, 3.63) is 24.0 Å². The van der Waals surface area contributed by atoms with Gasteiger partial charge >= 0.3 is 0 Å². The third kappa shape index (κ3) is 6.35. The van der Waals surface area contributed by atoms with Crippen molar-refractivity contribution >= 4 is 11.8 Å². The Morgan fingerprint density at radius 2 is 1.96 bits per heavy atom. The number of amides is 2. The number of ether oxygens (including phenoxy) is 1. The molecule has 0 radical (unpaired) electrons. The molecular weight excluding hydrogens is 306 g/mol. The average molecular weight is 337 g/mol. The fourth-order valence-electron chi connectivity index (χ4n) is 2.53. The van der Waals surface area contributed by atoms with Crippen LogP contribution in [0.2, 0.25) is 0 Å². The van der Waals surface area contributed by atoms with Gasteiger partial charge in [0.1, 0.15) is 0 Å². The molecular formula is C18H31N3O3. The van der Waals surface area contributed by atoms with E-state index in [0.717, 1.165) is 5.69 Å². The summed E-state index contributed by atoms with van der Waals surface area (Å²) in [6.45, 7) is 8.15. The Hall–Kier alpha value is -1.82. The van der Waals surface area contributed by atoms with E-state index in [1.54, 1.807) is 16.9 Å². The molecule has 0 unspecified atom stereocenters. The van der Waals surface area contributed by atoms with Crippen molar-refractivity contribution < 1.29 is 14.3 Å². The zero-order chi connectivity index (χ0) is 18.1. The molecule has 1 heterocycles. The maximum Gasteiger partial charge on any atom is 0.242 e. The lowest BCUT2D eigenvalue weighted by molar-refractivity contribution is -0.141. The van der Waals surface area contributed by atoms with E-state index in [2.05, 4.69) is 0 Å². The van der Waals surface area contributed by atoms with Gasteiger partial charge in [-0.1, -0.05) is 20.8 Å². The second-order valence-electron chi connectivity index (χ2n) is 6.44. The summed E-state index contributed by atoms with van der Waals surface area (Å²) in [4.78, 5) is 28.3. The molecule has 6 nitrogen and oxygen atoms in total. The highest BCUT2D eigenvalue weighted by molar-refractivity contribution is 5.84. The first kappa shape index (κ1) is 20.2. The molecule has 24 heavy (non-hydrogen) atoms. The fourth-order valence-corrected chi connectivity index (χ4v) is 2.53. The van der Waals surface area contributed by atoms with Gasteiger partial charge in [0, 0.05) is 45.6 Å². The van der Waals surface area contributed by atoms with E-state index in [-0.39, 0.29) is 18.4 Å². The topological polar surface area (TPSA) is 54.8 Å². The van der Waals surface area contributed by atoms with E-state index in [4.69, 9.17) is 4.74 Å². The molecule has 2 amide bonds. The summed E-state index contributed by atoms with van der Waals surface area (Å²) in [5, 5.41) is 0. The standard InChI is InChI=1S/C18H31N3O3/c1-6-17(22)21(12-15(2)3)14-18(23)20(10-11-24-5)13-16-8-7-9-19(16)4/h7-9,15H,6,10-14H2,1-5H3. The Bertz CT molecular complexity index is 525. The van der Waals surface area contributed by atoms with Gasteiger partial charge in [0.05, 0.1) is 19.7 Å². The third-order valence-corrected chi connectivity index (χ3v) is 3.89. The van der Waals surface area contributed by atoms with Crippen LogP contribution < -0.4 is 0 Å². The van der Waals surface area contributed by atoms with Crippen LogP contribution in [-0.4, -0.2) is 59.5 Å². The average Bonchev–Trinajstić information content (AvgIpc) is 2.94. The molecule has 1 rings (SSSR count). The van der Waals surface area contributed by atoms with Crippen LogP contribution in [0.25, 0.3) is 0 Å². The van der Waals surface area contributed by atoms with Crippen molar-refractivity contribution in [3.8, 4) is 0 Å². The van der Waals surface area contributed by atoms with Gasteiger partial charge in [0.15, 0.2) is 0 Å². The smallest absolute Gasteiger partial charge is 0.242 e. The number of aromatic nitrogens is 1. The predicted octanol–water partition coefficient (Wildman–Crippen LogP) is 1.89. The number of hydrogen-bond donors (Lipinski definition) is 0. The van der Waals surface area contributed by atoms with E-state index >= 15 is 0 Å². The van der Waals surface area contributed by atoms with E-state index in [1.165, 1.54) is 0 Å². The lowest BCUT2D eigenvalue weighted by atomic mass is 10.2. The molecule has 0 bridgehead atoms. The third-order valence-electron chi connectivity index (χ3n) is 3.89. The van der Waals surface area contributed by atoms with E-state index in [1.807, 2.05) is 50.7 Å². The molecule has 0 aliphatic carbocycles.